The third kappa shape index (κ3) is 2.54. The van der Waals surface area contributed by atoms with Gasteiger partial charge in [0.05, 0.1) is 24.9 Å². The molecule has 1 aromatic carbocycles. The van der Waals surface area contributed by atoms with Gasteiger partial charge in [0.2, 0.25) is 0 Å². The maximum Gasteiger partial charge on any atom is 0.311 e. The largest absolute Gasteiger partial charge is 0.466 e. The quantitative estimate of drug-likeness (QED) is 0.749. The predicted molar refractivity (Wildman–Crippen MR) is 80.1 cm³/mol. The van der Waals surface area contributed by atoms with Crippen LogP contribution in [0, 0.1) is 6.92 Å². The minimum absolute atomic E-state index is 0.233. The molecular weight excluding hydrogens is 266 g/mol. The number of hydrogen-bond donors (Lipinski definition) is 1. The minimum Gasteiger partial charge on any atom is -0.466 e. The van der Waals surface area contributed by atoms with E-state index < -0.39 is 0 Å². The van der Waals surface area contributed by atoms with E-state index in [9.17, 15) is 4.79 Å². The number of imidazole rings is 1. The van der Waals surface area contributed by atoms with Crippen molar-refractivity contribution in [2.45, 2.75) is 20.3 Å². The lowest BCUT2D eigenvalue weighted by Gasteiger charge is -1.99. The van der Waals surface area contributed by atoms with Crippen molar-refractivity contribution in [3.8, 4) is 11.3 Å². The highest BCUT2D eigenvalue weighted by atomic mass is 16.5. The number of rotatable bonds is 4. The number of esters is 1. The molecule has 0 atom stereocenters. The van der Waals surface area contributed by atoms with Gasteiger partial charge in [-0.05, 0) is 13.8 Å². The molecule has 0 amide bonds. The van der Waals surface area contributed by atoms with E-state index in [1.165, 1.54) is 0 Å². The summed E-state index contributed by atoms with van der Waals surface area (Å²) in [6.45, 7) is 4.22. The average Bonchev–Trinajstić information content (AvgIpc) is 2.99. The number of fused-ring (bicyclic) bond motifs is 1. The molecule has 0 saturated carbocycles. The molecule has 0 unspecified atom stereocenters. The van der Waals surface area contributed by atoms with E-state index in [0.29, 0.717) is 6.61 Å². The molecular formula is C16H17N3O2. The fourth-order valence-electron chi connectivity index (χ4n) is 2.42. The summed E-state index contributed by atoms with van der Waals surface area (Å²) in [5.74, 6) is -0.233. The number of H-pyrrole nitrogens is 1. The lowest BCUT2D eigenvalue weighted by molar-refractivity contribution is -0.142. The van der Waals surface area contributed by atoms with Crippen LogP contribution in [0.1, 0.15) is 18.2 Å². The van der Waals surface area contributed by atoms with E-state index >= 15 is 0 Å². The number of hydrogen-bond acceptors (Lipinski definition) is 3. The van der Waals surface area contributed by atoms with Gasteiger partial charge in [0, 0.05) is 16.8 Å². The first-order valence-electron chi connectivity index (χ1n) is 6.97. The number of nitrogens with zero attached hydrogens (tertiary/aromatic N) is 2. The highest BCUT2D eigenvalue weighted by Gasteiger charge is 2.14. The van der Waals surface area contributed by atoms with Crippen LogP contribution < -0.4 is 0 Å². The predicted octanol–water partition coefficient (Wildman–Crippen LogP) is 2.74. The number of ether oxygens (including phenoxy) is 1. The fraction of sp³-hybridized carbons (Fsp3) is 0.250. The van der Waals surface area contributed by atoms with Crippen LogP contribution in [-0.4, -0.2) is 27.2 Å². The molecule has 0 aliphatic rings. The van der Waals surface area contributed by atoms with Crippen molar-refractivity contribution in [2.24, 2.45) is 0 Å². The number of carbonyl (C=O) groups excluding carboxylic acids is 1. The zero-order valence-corrected chi connectivity index (χ0v) is 12.1. The summed E-state index contributed by atoms with van der Waals surface area (Å²) in [5, 5.41) is 4.59. The summed E-state index contributed by atoms with van der Waals surface area (Å²) in [6.07, 6.45) is 2.07. The fourth-order valence-corrected chi connectivity index (χ4v) is 2.42. The van der Waals surface area contributed by atoms with Gasteiger partial charge >= 0.3 is 5.97 Å². The number of aromatic nitrogens is 3. The highest BCUT2D eigenvalue weighted by Crippen LogP contribution is 2.24. The van der Waals surface area contributed by atoms with E-state index in [2.05, 4.69) is 10.1 Å². The van der Waals surface area contributed by atoms with Gasteiger partial charge in [0.1, 0.15) is 5.65 Å². The normalized spacial score (nSPS) is 11.0. The molecule has 21 heavy (non-hydrogen) atoms. The van der Waals surface area contributed by atoms with E-state index in [1.54, 1.807) is 11.4 Å². The first kappa shape index (κ1) is 13.4. The Balaban J connectivity index is 1.93. The van der Waals surface area contributed by atoms with Crippen molar-refractivity contribution >= 4 is 11.6 Å². The average molecular weight is 283 g/mol. The Morgan fingerprint density at radius 1 is 1.33 bits per heavy atom. The molecule has 0 radical (unpaired) electrons. The molecule has 0 aliphatic heterocycles. The molecule has 0 spiro atoms. The molecule has 0 saturated heterocycles. The van der Waals surface area contributed by atoms with Crippen molar-refractivity contribution in [2.75, 3.05) is 6.61 Å². The molecule has 108 valence electrons. The van der Waals surface area contributed by atoms with Crippen molar-refractivity contribution in [3.05, 3.63) is 47.8 Å². The van der Waals surface area contributed by atoms with Gasteiger partial charge in [0.25, 0.3) is 0 Å². The number of aromatic amines is 1. The standard InChI is InChI=1S/C16H17N3O2/c1-3-21-14(20)9-13-10-19-16(17-13)11(2)15(18-19)12-7-5-4-6-8-12/h4-8,10,17H,3,9H2,1-2H3. The first-order chi connectivity index (χ1) is 10.2. The van der Waals surface area contributed by atoms with Crippen molar-refractivity contribution in [1.29, 1.82) is 0 Å². The van der Waals surface area contributed by atoms with E-state index in [0.717, 1.165) is 28.2 Å². The smallest absolute Gasteiger partial charge is 0.311 e. The lowest BCUT2D eigenvalue weighted by Crippen LogP contribution is -2.07. The summed E-state index contributed by atoms with van der Waals surface area (Å²) in [7, 11) is 0. The van der Waals surface area contributed by atoms with Crippen molar-refractivity contribution < 1.29 is 9.53 Å². The van der Waals surface area contributed by atoms with Crippen LogP contribution in [0.2, 0.25) is 0 Å². The monoisotopic (exact) mass is 283 g/mol. The van der Waals surface area contributed by atoms with Crippen molar-refractivity contribution in [1.82, 2.24) is 14.6 Å². The molecule has 0 fully saturated rings. The second-order valence-electron chi connectivity index (χ2n) is 4.89. The molecule has 5 nitrogen and oxygen atoms in total. The molecule has 1 N–H and O–H groups in total. The molecule has 2 aromatic heterocycles. The highest BCUT2D eigenvalue weighted by molar-refractivity contribution is 5.73. The van der Waals surface area contributed by atoms with E-state index in [-0.39, 0.29) is 12.4 Å². The zero-order chi connectivity index (χ0) is 14.8. The van der Waals surface area contributed by atoms with Crippen LogP contribution in [0.5, 0.6) is 0 Å². The third-order valence-corrected chi connectivity index (χ3v) is 3.39. The molecule has 3 rings (SSSR count). The second kappa shape index (κ2) is 5.44. The van der Waals surface area contributed by atoms with Crippen LogP contribution in [0.15, 0.2) is 36.5 Å². The van der Waals surface area contributed by atoms with Gasteiger partial charge < -0.3 is 9.72 Å². The Morgan fingerprint density at radius 2 is 2.10 bits per heavy atom. The number of nitrogens with one attached hydrogen (secondary N) is 1. The number of aryl methyl sites for hydroxylation is 1. The number of carbonyl (C=O) groups is 1. The van der Waals surface area contributed by atoms with Gasteiger partial charge in [0.15, 0.2) is 0 Å². The molecule has 0 bridgehead atoms. The van der Waals surface area contributed by atoms with Crippen LogP contribution in [0.3, 0.4) is 0 Å². The second-order valence-corrected chi connectivity index (χ2v) is 4.89. The molecule has 0 aliphatic carbocycles. The van der Waals surface area contributed by atoms with Gasteiger partial charge in [-0.1, -0.05) is 30.3 Å². The van der Waals surface area contributed by atoms with Gasteiger partial charge in [-0.2, -0.15) is 5.10 Å². The van der Waals surface area contributed by atoms with Crippen LogP contribution in [-0.2, 0) is 16.0 Å². The maximum atomic E-state index is 11.5. The van der Waals surface area contributed by atoms with Gasteiger partial charge in [-0.3, -0.25) is 4.79 Å². The Bertz CT molecular complexity index is 772. The Kier molecular flexibility index (Phi) is 3.48. The van der Waals surface area contributed by atoms with E-state index in [4.69, 9.17) is 4.74 Å². The maximum absolute atomic E-state index is 11.5. The van der Waals surface area contributed by atoms with Crippen molar-refractivity contribution in [3.63, 3.8) is 0 Å². The first-order valence-corrected chi connectivity index (χ1v) is 6.97. The summed E-state index contributed by atoms with van der Waals surface area (Å²) in [4.78, 5) is 14.8. The zero-order valence-electron chi connectivity index (χ0n) is 12.1. The Labute approximate surface area is 122 Å². The van der Waals surface area contributed by atoms with Crippen LogP contribution in [0.4, 0.5) is 0 Å². The lowest BCUT2D eigenvalue weighted by atomic mass is 10.1. The molecule has 2 heterocycles. The van der Waals surface area contributed by atoms with Gasteiger partial charge in [-0.15, -0.1) is 0 Å². The molecule has 5 heteroatoms. The molecule has 3 aromatic rings. The Morgan fingerprint density at radius 3 is 2.76 bits per heavy atom. The van der Waals surface area contributed by atoms with Crippen LogP contribution >= 0.6 is 0 Å². The Hall–Kier alpha value is -2.56. The van der Waals surface area contributed by atoms with E-state index in [1.807, 2.05) is 43.5 Å². The minimum atomic E-state index is -0.233. The number of benzene rings is 1. The summed E-state index contributed by atoms with van der Waals surface area (Å²) >= 11 is 0. The topological polar surface area (TPSA) is 59.4 Å². The summed E-state index contributed by atoms with van der Waals surface area (Å²) in [5.41, 5.74) is 4.81. The summed E-state index contributed by atoms with van der Waals surface area (Å²) in [6, 6.07) is 10.0. The third-order valence-electron chi connectivity index (χ3n) is 3.39. The SMILES string of the molecule is CCOC(=O)Cc1cn2nc(-c3ccccc3)c(C)c2[nH]1. The van der Waals surface area contributed by atoms with Crippen LogP contribution in [0.25, 0.3) is 16.9 Å². The van der Waals surface area contributed by atoms with Gasteiger partial charge in [-0.25, -0.2) is 4.52 Å². The summed E-state index contributed by atoms with van der Waals surface area (Å²) < 4.78 is 6.74.